The van der Waals surface area contributed by atoms with E-state index in [1.54, 1.807) is 37.3 Å². The van der Waals surface area contributed by atoms with Gasteiger partial charge in [0.25, 0.3) is 0 Å². The Labute approximate surface area is 162 Å². The highest BCUT2D eigenvalue weighted by Gasteiger charge is 2.13. The fourth-order valence-corrected chi connectivity index (χ4v) is 3.12. The van der Waals surface area contributed by atoms with Gasteiger partial charge in [0.2, 0.25) is 10.0 Å². The Morgan fingerprint density at radius 2 is 1.89 bits per heavy atom. The lowest BCUT2D eigenvalue weighted by Gasteiger charge is -2.15. The highest BCUT2D eigenvalue weighted by molar-refractivity contribution is 7.89. The third-order valence-electron chi connectivity index (χ3n) is 4.03. The number of urea groups is 1. The maximum Gasteiger partial charge on any atom is 0.319 e. The number of aromatic nitrogens is 3. The predicted octanol–water partition coefficient (Wildman–Crippen LogP) is 2.31. The summed E-state index contributed by atoms with van der Waals surface area (Å²) in [5.74, 6) is 1.25. The van der Waals surface area contributed by atoms with Crippen LogP contribution in [0.15, 0.2) is 53.4 Å². The van der Waals surface area contributed by atoms with E-state index in [1.807, 2.05) is 13.0 Å². The van der Waals surface area contributed by atoms with Gasteiger partial charge in [-0.1, -0.05) is 24.3 Å². The minimum absolute atomic E-state index is 0.0203. The van der Waals surface area contributed by atoms with Gasteiger partial charge in [-0.3, -0.25) is 5.10 Å². The molecule has 2 aromatic carbocycles. The Morgan fingerprint density at radius 3 is 2.50 bits per heavy atom. The normalized spacial score (nSPS) is 12.4. The van der Waals surface area contributed by atoms with E-state index in [0.29, 0.717) is 17.3 Å². The van der Waals surface area contributed by atoms with E-state index in [2.05, 4.69) is 25.8 Å². The number of carbonyl (C=O) groups excluding carboxylic acids is 1. The van der Waals surface area contributed by atoms with Crippen molar-refractivity contribution < 1.29 is 13.2 Å². The number of sulfonamides is 1. The average molecular weight is 400 g/mol. The van der Waals surface area contributed by atoms with Crippen LogP contribution in [0.1, 0.15) is 24.4 Å². The van der Waals surface area contributed by atoms with Crippen molar-refractivity contribution in [2.45, 2.75) is 24.8 Å². The quantitative estimate of drug-likeness (QED) is 0.520. The fraction of sp³-hybridized carbons (Fsp3) is 0.167. The largest absolute Gasteiger partial charge is 0.331 e. The van der Waals surface area contributed by atoms with Gasteiger partial charge in [-0.2, -0.15) is 5.10 Å². The molecular formula is C18H20N6O3S. The number of nitrogens with zero attached hydrogens (tertiary/aromatic N) is 2. The summed E-state index contributed by atoms with van der Waals surface area (Å²) < 4.78 is 22.6. The van der Waals surface area contributed by atoms with E-state index in [0.717, 1.165) is 11.1 Å². The summed E-state index contributed by atoms with van der Waals surface area (Å²) in [5, 5.41) is 17.5. The Balaban J connectivity index is 1.65. The van der Waals surface area contributed by atoms with Crippen molar-refractivity contribution in [1.82, 2.24) is 20.5 Å². The molecule has 10 heteroatoms. The summed E-state index contributed by atoms with van der Waals surface area (Å²) in [7, 11) is -3.75. The number of H-pyrrole nitrogens is 1. The molecule has 2 amide bonds. The maximum atomic E-state index is 12.3. The Hall–Kier alpha value is -3.24. The first kappa shape index (κ1) is 19.5. The molecule has 0 aliphatic carbocycles. The highest BCUT2D eigenvalue weighted by Crippen LogP contribution is 2.20. The van der Waals surface area contributed by atoms with E-state index in [4.69, 9.17) is 5.14 Å². The van der Waals surface area contributed by atoms with E-state index < -0.39 is 16.1 Å². The molecule has 1 atom stereocenters. The number of amides is 2. The molecule has 28 heavy (non-hydrogen) atoms. The number of nitrogens with one attached hydrogen (secondary N) is 3. The lowest BCUT2D eigenvalue weighted by molar-refractivity contribution is 0.249. The minimum atomic E-state index is -3.75. The number of hydrogen-bond donors (Lipinski definition) is 4. The SMILES string of the molecule is Cc1nc(-c2cccc(NC(=O)NC(C)c3ccc(S(N)(=O)=O)cc3)c2)n[nH]1. The van der Waals surface area contributed by atoms with Gasteiger partial charge in [0.15, 0.2) is 5.82 Å². The van der Waals surface area contributed by atoms with Crippen LogP contribution in [0.3, 0.4) is 0 Å². The van der Waals surface area contributed by atoms with Crippen molar-refractivity contribution >= 4 is 21.7 Å². The van der Waals surface area contributed by atoms with Gasteiger partial charge in [-0.15, -0.1) is 0 Å². The first-order chi connectivity index (χ1) is 13.2. The number of carbonyl (C=O) groups is 1. The molecule has 0 aliphatic rings. The summed E-state index contributed by atoms with van der Waals surface area (Å²) >= 11 is 0. The molecule has 0 aliphatic heterocycles. The van der Waals surface area contributed by atoms with E-state index in [9.17, 15) is 13.2 Å². The van der Waals surface area contributed by atoms with Gasteiger partial charge in [-0.25, -0.2) is 23.3 Å². The van der Waals surface area contributed by atoms with Crippen LogP contribution < -0.4 is 15.8 Å². The molecule has 0 bridgehead atoms. The molecule has 1 unspecified atom stereocenters. The molecule has 0 spiro atoms. The molecule has 0 fully saturated rings. The molecule has 3 rings (SSSR count). The number of primary sulfonamides is 1. The third kappa shape index (κ3) is 4.72. The number of nitrogens with two attached hydrogens (primary N) is 1. The molecular weight excluding hydrogens is 380 g/mol. The van der Waals surface area contributed by atoms with Gasteiger partial charge in [0.05, 0.1) is 10.9 Å². The van der Waals surface area contributed by atoms with Crippen molar-refractivity contribution in [2.75, 3.05) is 5.32 Å². The fourth-order valence-electron chi connectivity index (χ4n) is 2.60. The predicted molar refractivity (Wildman–Crippen MR) is 105 cm³/mol. The van der Waals surface area contributed by atoms with Crippen molar-refractivity contribution in [1.29, 1.82) is 0 Å². The molecule has 9 nitrogen and oxygen atoms in total. The smallest absolute Gasteiger partial charge is 0.319 e. The molecule has 1 heterocycles. The van der Waals surface area contributed by atoms with Crippen LogP contribution in [-0.4, -0.2) is 29.6 Å². The topological polar surface area (TPSA) is 143 Å². The molecule has 1 aromatic heterocycles. The number of aromatic amines is 1. The van der Waals surface area contributed by atoms with E-state index in [1.165, 1.54) is 12.1 Å². The lowest BCUT2D eigenvalue weighted by Crippen LogP contribution is -2.31. The molecule has 0 saturated heterocycles. The monoisotopic (exact) mass is 400 g/mol. The van der Waals surface area contributed by atoms with Crippen LogP contribution in [-0.2, 0) is 10.0 Å². The zero-order valence-electron chi connectivity index (χ0n) is 15.3. The van der Waals surface area contributed by atoms with Gasteiger partial charge >= 0.3 is 6.03 Å². The summed E-state index contributed by atoms with van der Waals surface area (Å²) in [6.45, 7) is 3.60. The van der Waals surface area contributed by atoms with Crippen LogP contribution >= 0.6 is 0 Å². The third-order valence-corrected chi connectivity index (χ3v) is 4.96. The second-order valence-corrected chi connectivity index (χ2v) is 7.82. The zero-order chi connectivity index (χ0) is 20.3. The second-order valence-electron chi connectivity index (χ2n) is 6.26. The van der Waals surface area contributed by atoms with E-state index in [-0.39, 0.29) is 10.9 Å². The van der Waals surface area contributed by atoms with Crippen LogP contribution in [0.2, 0.25) is 0 Å². The Morgan fingerprint density at radius 1 is 1.18 bits per heavy atom. The number of anilines is 1. The summed E-state index contributed by atoms with van der Waals surface area (Å²) in [5.41, 5.74) is 2.11. The van der Waals surface area contributed by atoms with Crippen molar-refractivity contribution in [3.63, 3.8) is 0 Å². The standard InChI is InChI=1S/C18H20N6O3S/c1-11(13-6-8-16(9-7-13)28(19,26)27)20-18(25)22-15-5-3-4-14(10-15)17-21-12(2)23-24-17/h3-11H,1-2H3,(H2,19,26,27)(H2,20,22,25)(H,21,23,24). The molecule has 146 valence electrons. The number of benzene rings is 2. The molecule has 0 saturated carbocycles. The van der Waals surface area contributed by atoms with Gasteiger partial charge in [-0.05, 0) is 43.7 Å². The van der Waals surface area contributed by atoms with Gasteiger partial charge < -0.3 is 10.6 Å². The summed E-state index contributed by atoms with van der Waals surface area (Å²) in [6, 6.07) is 12.5. The first-order valence-corrected chi connectivity index (χ1v) is 9.97. The first-order valence-electron chi connectivity index (χ1n) is 8.42. The van der Waals surface area contributed by atoms with Crippen molar-refractivity contribution in [2.24, 2.45) is 5.14 Å². The summed E-state index contributed by atoms with van der Waals surface area (Å²) in [6.07, 6.45) is 0. The van der Waals surface area contributed by atoms with Gasteiger partial charge in [0.1, 0.15) is 5.82 Å². The Bertz CT molecular complexity index is 1090. The number of rotatable bonds is 5. The Kier molecular flexibility index (Phi) is 5.43. The van der Waals surface area contributed by atoms with E-state index >= 15 is 0 Å². The lowest BCUT2D eigenvalue weighted by atomic mass is 10.1. The van der Waals surface area contributed by atoms with Crippen LogP contribution in [0.5, 0.6) is 0 Å². The number of hydrogen-bond acceptors (Lipinski definition) is 5. The molecule has 3 aromatic rings. The molecule has 0 radical (unpaired) electrons. The maximum absolute atomic E-state index is 12.3. The van der Waals surface area contributed by atoms with Crippen LogP contribution in [0.4, 0.5) is 10.5 Å². The van der Waals surface area contributed by atoms with Gasteiger partial charge in [0, 0.05) is 11.3 Å². The van der Waals surface area contributed by atoms with Crippen molar-refractivity contribution in [3.05, 3.63) is 59.9 Å². The zero-order valence-corrected chi connectivity index (χ0v) is 16.1. The average Bonchev–Trinajstić information content (AvgIpc) is 3.07. The van der Waals surface area contributed by atoms with Crippen molar-refractivity contribution in [3.8, 4) is 11.4 Å². The van der Waals surface area contributed by atoms with Crippen LogP contribution in [0, 0.1) is 6.92 Å². The summed E-state index contributed by atoms with van der Waals surface area (Å²) in [4.78, 5) is 16.6. The molecule has 5 N–H and O–H groups in total. The minimum Gasteiger partial charge on any atom is -0.331 e. The second kappa shape index (κ2) is 7.79. The highest BCUT2D eigenvalue weighted by atomic mass is 32.2. The van der Waals surface area contributed by atoms with Crippen LogP contribution in [0.25, 0.3) is 11.4 Å². The number of aryl methyl sites for hydroxylation is 1.